The molecule has 2 rings (SSSR count). The van der Waals surface area contributed by atoms with Gasteiger partial charge in [0.2, 0.25) is 6.79 Å². The van der Waals surface area contributed by atoms with Crippen molar-refractivity contribution in [3.8, 4) is 11.5 Å². The molecule has 0 amide bonds. The Labute approximate surface area is 155 Å². The maximum Gasteiger partial charge on any atom is 0.231 e. The minimum Gasteiger partial charge on any atom is -0.454 e. The van der Waals surface area contributed by atoms with Crippen molar-refractivity contribution in [2.75, 3.05) is 27.0 Å². The van der Waals surface area contributed by atoms with Crippen LogP contribution in [0.15, 0.2) is 23.2 Å². The monoisotopic (exact) mass is 435 g/mol. The number of nitrogens with one attached hydrogen (secondary N) is 2. The summed E-state index contributed by atoms with van der Waals surface area (Å²) in [6.07, 6.45) is 1.23. The summed E-state index contributed by atoms with van der Waals surface area (Å²) >= 11 is 0. The summed E-state index contributed by atoms with van der Waals surface area (Å²) < 4.78 is 16.2. The van der Waals surface area contributed by atoms with Gasteiger partial charge in [-0.05, 0) is 38.0 Å². The molecule has 0 fully saturated rings. The van der Waals surface area contributed by atoms with Gasteiger partial charge in [-0.25, -0.2) is 0 Å². The lowest BCUT2D eigenvalue weighted by Crippen LogP contribution is -2.37. The lowest BCUT2D eigenvalue weighted by atomic mass is 10.2. The molecule has 1 aromatic carbocycles. The zero-order valence-corrected chi connectivity index (χ0v) is 16.3. The van der Waals surface area contributed by atoms with Gasteiger partial charge in [0.25, 0.3) is 0 Å². The molecule has 0 aromatic heterocycles. The van der Waals surface area contributed by atoms with E-state index in [0.717, 1.165) is 42.6 Å². The van der Waals surface area contributed by atoms with E-state index in [0.29, 0.717) is 13.3 Å². The van der Waals surface area contributed by atoms with Crippen LogP contribution < -0.4 is 20.1 Å². The molecule has 1 aromatic rings. The molecule has 1 aliphatic rings. The molecule has 0 aliphatic carbocycles. The van der Waals surface area contributed by atoms with Gasteiger partial charge >= 0.3 is 0 Å². The zero-order chi connectivity index (χ0) is 15.8. The fourth-order valence-electron chi connectivity index (χ4n) is 2.06. The standard InChI is InChI=1S/C16H25N3O3.HI/c1-12(2)20-8-4-7-18-16(17-3)19-10-13-5-6-14-15(9-13)22-11-21-14;/h5-6,9,12H,4,7-8,10-11H2,1-3H3,(H2,17,18,19);1H. The molecule has 1 heterocycles. The summed E-state index contributed by atoms with van der Waals surface area (Å²) in [6.45, 7) is 6.64. The van der Waals surface area contributed by atoms with E-state index in [9.17, 15) is 0 Å². The van der Waals surface area contributed by atoms with E-state index in [-0.39, 0.29) is 30.1 Å². The van der Waals surface area contributed by atoms with E-state index in [4.69, 9.17) is 14.2 Å². The van der Waals surface area contributed by atoms with Crippen molar-refractivity contribution in [1.82, 2.24) is 10.6 Å². The van der Waals surface area contributed by atoms with Crippen LogP contribution in [0.1, 0.15) is 25.8 Å². The first kappa shape index (κ1) is 19.8. The van der Waals surface area contributed by atoms with Gasteiger partial charge in [-0.1, -0.05) is 6.07 Å². The van der Waals surface area contributed by atoms with Crippen molar-refractivity contribution in [2.45, 2.75) is 32.9 Å². The average Bonchev–Trinajstić information content (AvgIpc) is 2.97. The van der Waals surface area contributed by atoms with Crippen LogP contribution in [0, 0.1) is 0 Å². The van der Waals surface area contributed by atoms with Gasteiger partial charge in [-0.3, -0.25) is 4.99 Å². The summed E-state index contributed by atoms with van der Waals surface area (Å²) in [4.78, 5) is 4.21. The van der Waals surface area contributed by atoms with Crippen LogP contribution in [0.2, 0.25) is 0 Å². The molecule has 0 spiro atoms. The molecule has 0 bridgehead atoms. The largest absolute Gasteiger partial charge is 0.454 e. The highest BCUT2D eigenvalue weighted by atomic mass is 127. The molecule has 6 nitrogen and oxygen atoms in total. The van der Waals surface area contributed by atoms with Crippen LogP contribution >= 0.6 is 24.0 Å². The third kappa shape index (κ3) is 6.82. The average molecular weight is 435 g/mol. The molecule has 23 heavy (non-hydrogen) atoms. The molecule has 7 heteroatoms. The smallest absolute Gasteiger partial charge is 0.231 e. The second-order valence-electron chi connectivity index (χ2n) is 5.31. The maximum absolute atomic E-state index is 5.50. The lowest BCUT2D eigenvalue weighted by Gasteiger charge is -2.13. The quantitative estimate of drug-likeness (QED) is 0.298. The Morgan fingerprint density at radius 3 is 2.78 bits per heavy atom. The summed E-state index contributed by atoms with van der Waals surface area (Å²) in [5, 5.41) is 6.55. The van der Waals surface area contributed by atoms with E-state index in [1.807, 2.05) is 32.0 Å². The summed E-state index contributed by atoms with van der Waals surface area (Å²) in [5.74, 6) is 2.38. The van der Waals surface area contributed by atoms with Gasteiger partial charge in [-0.15, -0.1) is 24.0 Å². The zero-order valence-electron chi connectivity index (χ0n) is 13.9. The molecular formula is C16H26IN3O3. The first-order chi connectivity index (χ1) is 10.7. The van der Waals surface area contributed by atoms with Crippen LogP contribution in [-0.4, -0.2) is 39.1 Å². The Morgan fingerprint density at radius 1 is 1.26 bits per heavy atom. The molecular weight excluding hydrogens is 409 g/mol. The molecule has 0 saturated carbocycles. The molecule has 1 aliphatic heterocycles. The van der Waals surface area contributed by atoms with Crippen LogP contribution in [0.4, 0.5) is 0 Å². The number of guanidine groups is 1. The molecule has 2 N–H and O–H groups in total. The van der Waals surface area contributed by atoms with Crippen molar-refractivity contribution >= 4 is 29.9 Å². The number of halogens is 1. The number of nitrogens with zero attached hydrogens (tertiary/aromatic N) is 1. The predicted molar refractivity (Wildman–Crippen MR) is 102 cm³/mol. The van der Waals surface area contributed by atoms with E-state index in [1.54, 1.807) is 7.05 Å². The van der Waals surface area contributed by atoms with Crippen molar-refractivity contribution in [3.63, 3.8) is 0 Å². The van der Waals surface area contributed by atoms with E-state index >= 15 is 0 Å². The van der Waals surface area contributed by atoms with Gasteiger partial charge in [0.1, 0.15) is 0 Å². The summed E-state index contributed by atoms with van der Waals surface area (Å²) in [5.41, 5.74) is 1.12. The number of benzene rings is 1. The van der Waals surface area contributed by atoms with Gasteiger partial charge in [0, 0.05) is 26.7 Å². The van der Waals surface area contributed by atoms with Gasteiger partial charge in [0.15, 0.2) is 17.5 Å². The van der Waals surface area contributed by atoms with Crippen molar-refractivity contribution < 1.29 is 14.2 Å². The van der Waals surface area contributed by atoms with Crippen molar-refractivity contribution in [3.05, 3.63) is 23.8 Å². The van der Waals surface area contributed by atoms with Crippen LogP contribution in [-0.2, 0) is 11.3 Å². The number of fused-ring (bicyclic) bond motifs is 1. The third-order valence-corrected chi connectivity index (χ3v) is 3.19. The minimum atomic E-state index is 0. The topological polar surface area (TPSA) is 64.1 Å². The van der Waals surface area contributed by atoms with Gasteiger partial charge < -0.3 is 24.8 Å². The molecule has 0 radical (unpaired) electrons. The normalized spacial score (nSPS) is 13.0. The molecule has 0 unspecified atom stereocenters. The Hall–Kier alpha value is -1.22. The number of aliphatic imine (C=N–C) groups is 1. The Morgan fingerprint density at radius 2 is 2.04 bits per heavy atom. The predicted octanol–water partition coefficient (Wildman–Crippen LogP) is 2.51. The molecule has 0 saturated heterocycles. The van der Waals surface area contributed by atoms with E-state index < -0.39 is 0 Å². The number of hydrogen-bond donors (Lipinski definition) is 2. The number of ether oxygens (including phenoxy) is 3. The fraction of sp³-hybridized carbons (Fsp3) is 0.562. The maximum atomic E-state index is 5.50. The van der Waals surface area contributed by atoms with Crippen molar-refractivity contribution in [1.29, 1.82) is 0 Å². The molecule has 0 atom stereocenters. The second kappa shape index (κ2) is 10.5. The highest BCUT2D eigenvalue weighted by Crippen LogP contribution is 2.32. The number of hydrogen-bond acceptors (Lipinski definition) is 4. The van der Waals surface area contributed by atoms with Crippen LogP contribution in [0.5, 0.6) is 11.5 Å². The van der Waals surface area contributed by atoms with Crippen LogP contribution in [0.3, 0.4) is 0 Å². The minimum absolute atomic E-state index is 0. The second-order valence-corrected chi connectivity index (χ2v) is 5.31. The van der Waals surface area contributed by atoms with Crippen LogP contribution in [0.25, 0.3) is 0 Å². The Balaban J connectivity index is 0.00000264. The first-order valence-corrected chi connectivity index (χ1v) is 7.63. The van der Waals surface area contributed by atoms with E-state index in [2.05, 4.69) is 15.6 Å². The Bertz CT molecular complexity index is 509. The SMILES string of the molecule is CN=C(NCCCOC(C)C)NCc1ccc2c(c1)OCO2.I. The third-order valence-electron chi connectivity index (χ3n) is 3.19. The fourth-order valence-corrected chi connectivity index (χ4v) is 2.06. The van der Waals surface area contributed by atoms with Gasteiger partial charge in [-0.2, -0.15) is 0 Å². The molecule has 130 valence electrons. The lowest BCUT2D eigenvalue weighted by molar-refractivity contribution is 0.0776. The highest BCUT2D eigenvalue weighted by molar-refractivity contribution is 14.0. The first-order valence-electron chi connectivity index (χ1n) is 7.63. The summed E-state index contributed by atoms with van der Waals surface area (Å²) in [7, 11) is 1.76. The number of rotatable bonds is 7. The van der Waals surface area contributed by atoms with E-state index in [1.165, 1.54) is 0 Å². The Kier molecular flexibility index (Phi) is 9.08. The summed E-state index contributed by atoms with van der Waals surface area (Å²) in [6, 6.07) is 5.93. The van der Waals surface area contributed by atoms with Crippen molar-refractivity contribution in [2.24, 2.45) is 4.99 Å². The highest BCUT2D eigenvalue weighted by Gasteiger charge is 2.13. The van der Waals surface area contributed by atoms with Gasteiger partial charge in [0.05, 0.1) is 6.10 Å².